The van der Waals surface area contributed by atoms with Crippen molar-refractivity contribution in [3.8, 4) is 55.6 Å². The predicted molar refractivity (Wildman–Crippen MR) is 247 cm³/mol. The first-order valence-electron chi connectivity index (χ1n) is 20.5. The number of allylic oxidation sites excluding steroid dienone is 4. The van der Waals surface area contributed by atoms with Crippen molar-refractivity contribution in [1.82, 2.24) is 0 Å². The maximum Gasteiger partial charge on any atom is 0.150 e. The average molecular weight is 743 g/mol. The summed E-state index contributed by atoms with van der Waals surface area (Å²) in [6.07, 6.45) is 12.2. The lowest BCUT2D eigenvalue weighted by molar-refractivity contribution is 0.112. The van der Waals surface area contributed by atoms with E-state index >= 15 is 0 Å². The molecule has 8 rings (SSSR count). The third-order valence-electron chi connectivity index (χ3n) is 10.5. The number of aldehydes is 1. The van der Waals surface area contributed by atoms with E-state index in [2.05, 4.69) is 178 Å². The van der Waals surface area contributed by atoms with Gasteiger partial charge in [0.05, 0.1) is 0 Å². The highest BCUT2D eigenvalue weighted by Crippen LogP contribution is 2.35. The molecule has 0 aliphatic heterocycles. The summed E-state index contributed by atoms with van der Waals surface area (Å²) in [5.41, 5.74) is 19.2. The Balaban J connectivity index is 0.000000185. The third kappa shape index (κ3) is 10.3. The maximum atomic E-state index is 11.4. The molecule has 284 valence electrons. The van der Waals surface area contributed by atoms with Crippen molar-refractivity contribution in [3.05, 3.63) is 210 Å². The lowest BCUT2D eigenvalue weighted by Crippen LogP contribution is -1.92. The number of carbonyl (C=O) groups excluding carboxylic acids is 1. The SMILES string of the molecule is CC.CCCc1ccc(-c2cc(-c3ccccc3)cc(-c3ccccc3)c2)cc1C.Cc1ccc(-c2cc(C3=CCCC=C3)cc(-c3ccccc3)c2)cc1C=O. The molecule has 7 aromatic rings. The normalized spacial score (nSPS) is 11.7. The second-order valence-corrected chi connectivity index (χ2v) is 14.4. The van der Waals surface area contributed by atoms with Gasteiger partial charge in [-0.2, -0.15) is 0 Å². The van der Waals surface area contributed by atoms with Gasteiger partial charge in [-0.3, -0.25) is 4.79 Å². The van der Waals surface area contributed by atoms with Gasteiger partial charge in [0.25, 0.3) is 0 Å². The van der Waals surface area contributed by atoms with Crippen LogP contribution in [0.4, 0.5) is 0 Å². The van der Waals surface area contributed by atoms with Crippen LogP contribution in [0.2, 0.25) is 0 Å². The fourth-order valence-electron chi connectivity index (χ4n) is 7.35. The van der Waals surface area contributed by atoms with E-state index in [9.17, 15) is 4.79 Å². The standard InChI is InChI=1S/C28H26.C26H22O.C2H6/c1-3-10-22-15-16-25(17-21(22)2)28-19-26(23-11-6-4-7-12-23)18-27(20-28)24-13-8-5-9-14-24;1-19-12-13-22(14-26(19)18-27)25-16-23(20-8-4-2-5-9-20)15-24(17-25)21-10-6-3-7-11-21;1-2/h4-9,11-20H,3,10H2,1-2H3;2,4-6,8-18H,3,7H2,1H3;1-2H3. The van der Waals surface area contributed by atoms with E-state index in [-0.39, 0.29) is 0 Å². The zero-order valence-electron chi connectivity index (χ0n) is 34.1. The van der Waals surface area contributed by atoms with Gasteiger partial charge in [0.15, 0.2) is 0 Å². The van der Waals surface area contributed by atoms with Crippen molar-refractivity contribution in [2.75, 3.05) is 0 Å². The molecule has 1 aliphatic carbocycles. The van der Waals surface area contributed by atoms with E-state index < -0.39 is 0 Å². The van der Waals surface area contributed by atoms with Gasteiger partial charge in [0.2, 0.25) is 0 Å². The van der Waals surface area contributed by atoms with Crippen molar-refractivity contribution in [2.24, 2.45) is 0 Å². The molecule has 0 fully saturated rings. The Morgan fingerprint density at radius 2 is 0.912 bits per heavy atom. The molecule has 0 N–H and O–H groups in total. The highest BCUT2D eigenvalue weighted by molar-refractivity contribution is 5.86. The smallest absolute Gasteiger partial charge is 0.150 e. The lowest BCUT2D eigenvalue weighted by atomic mass is 9.91. The molecule has 0 atom stereocenters. The molecule has 0 amide bonds. The van der Waals surface area contributed by atoms with E-state index in [0.29, 0.717) is 0 Å². The van der Waals surface area contributed by atoms with Gasteiger partial charge >= 0.3 is 0 Å². The van der Waals surface area contributed by atoms with Crippen LogP contribution >= 0.6 is 0 Å². The van der Waals surface area contributed by atoms with Crippen molar-refractivity contribution in [1.29, 1.82) is 0 Å². The van der Waals surface area contributed by atoms with E-state index in [1.165, 1.54) is 73.2 Å². The molecule has 0 bridgehead atoms. The van der Waals surface area contributed by atoms with Gasteiger partial charge in [-0.05, 0) is 159 Å². The Bertz CT molecular complexity index is 2390. The second kappa shape index (κ2) is 20.0. The number of hydrogen-bond acceptors (Lipinski definition) is 1. The van der Waals surface area contributed by atoms with E-state index in [4.69, 9.17) is 0 Å². The molecular weight excluding hydrogens is 689 g/mol. The summed E-state index contributed by atoms with van der Waals surface area (Å²) >= 11 is 0. The molecule has 1 aliphatic rings. The van der Waals surface area contributed by atoms with E-state index in [0.717, 1.165) is 47.8 Å². The first kappa shape index (κ1) is 40.4. The molecule has 1 heteroatoms. The quantitative estimate of drug-likeness (QED) is 0.135. The van der Waals surface area contributed by atoms with Gasteiger partial charge in [0, 0.05) is 5.56 Å². The monoisotopic (exact) mass is 742 g/mol. The highest BCUT2D eigenvalue weighted by atomic mass is 16.1. The zero-order chi connectivity index (χ0) is 40.0. The fraction of sp³-hybridized carbons (Fsp3) is 0.161. The van der Waals surface area contributed by atoms with Crippen LogP contribution in [0.15, 0.2) is 182 Å². The molecule has 0 spiro atoms. The number of aryl methyl sites for hydroxylation is 3. The summed E-state index contributed by atoms with van der Waals surface area (Å²) in [6, 6.07) is 58.4. The van der Waals surface area contributed by atoms with Gasteiger partial charge in [0.1, 0.15) is 6.29 Å². The summed E-state index contributed by atoms with van der Waals surface area (Å²) in [4.78, 5) is 11.4. The predicted octanol–water partition coefficient (Wildman–Crippen LogP) is 15.8. The van der Waals surface area contributed by atoms with Gasteiger partial charge in [-0.25, -0.2) is 0 Å². The molecule has 57 heavy (non-hydrogen) atoms. The van der Waals surface area contributed by atoms with Crippen LogP contribution in [0.5, 0.6) is 0 Å². The first-order valence-corrected chi connectivity index (χ1v) is 20.5. The summed E-state index contributed by atoms with van der Waals surface area (Å²) in [7, 11) is 0. The van der Waals surface area contributed by atoms with Crippen molar-refractivity contribution >= 4 is 11.9 Å². The van der Waals surface area contributed by atoms with Crippen molar-refractivity contribution in [2.45, 2.75) is 60.3 Å². The molecule has 7 aromatic carbocycles. The van der Waals surface area contributed by atoms with Crippen molar-refractivity contribution < 1.29 is 4.79 Å². The van der Waals surface area contributed by atoms with Crippen LogP contribution in [-0.2, 0) is 6.42 Å². The van der Waals surface area contributed by atoms with Crippen LogP contribution in [0.1, 0.15) is 72.6 Å². The summed E-state index contributed by atoms with van der Waals surface area (Å²) in [5.74, 6) is 0. The topological polar surface area (TPSA) is 17.1 Å². The minimum atomic E-state index is 0.746. The van der Waals surface area contributed by atoms with Crippen LogP contribution in [0.3, 0.4) is 0 Å². The van der Waals surface area contributed by atoms with Crippen LogP contribution in [0.25, 0.3) is 61.2 Å². The molecule has 0 saturated heterocycles. The van der Waals surface area contributed by atoms with Crippen LogP contribution in [-0.4, -0.2) is 6.29 Å². The van der Waals surface area contributed by atoms with E-state index in [1.807, 2.05) is 39.0 Å². The Morgan fingerprint density at radius 1 is 0.456 bits per heavy atom. The zero-order valence-corrected chi connectivity index (χ0v) is 34.1. The first-order chi connectivity index (χ1) is 28.0. The Morgan fingerprint density at radius 3 is 1.35 bits per heavy atom. The summed E-state index contributed by atoms with van der Waals surface area (Å²) in [5, 5.41) is 0. The molecule has 0 heterocycles. The fourth-order valence-corrected chi connectivity index (χ4v) is 7.35. The average Bonchev–Trinajstić information content (AvgIpc) is 3.29. The van der Waals surface area contributed by atoms with Gasteiger partial charge in [-0.15, -0.1) is 0 Å². The number of carbonyl (C=O) groups is 1. The summed E-state index contributed by atoms with van der Waals surface area (Å²) < 4.78 is 0. The van der Waals surface area contributed by atoms with Crippen molar-refractivity contribution in [3.63, 3.8) is 0 Å². The number of hydrogen-bond donors (Lipinski definition) is 0. The second-order valence-electron chi connectivity index (χ2n) is 14.4. The van der Waals surface area contributed by atoms with Crippen LogP contribution < -0.4 is 0 Å². The Kier molecular flexibility index (Phi) is 14.2. The Labute approximate surface area is 341 Å². The minimum absolute atomic E-state index is 0.746. The minimum Gasteiger partial charge on any atom is -0.298 e. The molecule has 1 nitrogen and oxygen atoms in total. The summed E-state index contributed by atoms with van der Waals surface area (Å²) in [6.45, 7) is 10.4. The molecule has 0 radical (unpaired) electrons. The number of rotatable bonds is 9. The van der Waals surface area contributed by atoms with E-state index in [1.54, 1.807) is 0 Å². The molecule has 0 saturated carbocycles. The van der Waals surface area contributed by atoms with Gasteiger partial charge in [-0.1, -0.05) is 167 Å². The molecular formula is C56H54O. The highest BCUT2D eigenvalue weighted by Gasteiger charge is 2.11. The molecule has 0 aromatic heterocycles. The maximum absolute atomic E-state index is 11.4. The third-order valence-corrected chi connectivity index (χ3v) is 10.5. The molecule has 0 unspecified atom stereocenters. The van der Waals surface area contributed by atoms with Crippen LogP contribution in [0, 0.1) is 13.8 Å². The number of benzene rings is 7. The largest absolute Gasteiger partial charge is 0.298 e. The Hall–Kier alpha value is -6.31. The lowest BCUT2D eigenvalue weighted by Gasteiger charge is -2.14. The van der Waals surface area contributed by atoms with Gasteiger partial charge < -0.3 is 0 Å².